The fraction of sp³-hybridized carbons (Fsp3) is 0.400. The van der Waals surface area contributed by atoms with E-state index in [4.69, 9.17) is 14.2 Å². The number of pyridine rings is 1. The summed E-state index contributed by atoms with van der Waals surface area (Å²) in [4.78, 5) is 15.7. The zero-order valence-electron chi connectivity index (χ0n) is 16.3. The molecular weight excluding hydrogens is 382 g/mol. The number of ether oxygens (including phenoxy) is 3. The number of aliphatic hydroxyl groups is 4. The Labute approximate surface area is 168 Å². The molecule has 0 aliphatic rings. The summed E-state index contributed by atoms with van der Waals surface area (Å²) < 4.78 is 15.5. The summed E-state index contributed by atoms with van der Waals surface area (Å²) in [6, 6.07) is 6.72. The highest BCUT2D eigenvalue weighted by Gasteiger charge is 2.27. The Morgan fingerprint density at radius 1 is 1.14 bits per heavy atom. The van der Waals surface area contributed by atoms with Crippen molar-refractivity contribution in [2.24, 2.45) is 0 Å². The molecule has 0 radical (unpaired) electrons. The third kappa shape index (κ3) is 5.96. The molecule has 0 amide bonds. The first-order chi connectivity index (χ1) is 13.8. The normalized spacial score (nSPS) is 14.3. The highest BCUT2D eigenvalue weighted by atomic mass is 16.7. The van der Waals surface area contributed by atoms with E-state index in [1.165, 1.54) is 20.2 Å². The Morgan fingerprint density at radius 2 is 1.86 bits per heavy atom. The van der Waals surface area contributed by atoms with E-state index in [2.05, 4.69) is 4.98 Å². The predicted octanol–water partition coefficient (Wildman–Crippen LogP) is 0.618. The van der Waals surface area contributed by atoms with Gasteiger partial charge in [0.1, 0.15) is 11.9 Å². The van der Waals surface area contributed by atoms with E-state index in [1.807, 2.05) is 0 Å². The van der Waals surface area contributed by atoms with Crippen molar-refractivity contribution >= 4 is 5.97 Å². The zero-order valence-corrected chi connectivity index (χ0v) is 16.3. The number of nitrogens with zero attached hydrogens (tertiary/aromatic N) is 1. The minimum Gasteiger partial charge on any atom is -0.465 e. The van der Waals surface area contributed by atoms with Crippen LogP contribution in [0.5, 0.6) is 5.75 Å². The largest absolute Gasteiger partial charge is 0.465 e. The van der Waals surface area contributed by atoms with Crippen LogP contribution in [-0.2, 0) is 9.47 Å². The number of aromatic nitrogens is 1. The van der Waals surface area contributed by atoms with Gasteiger partial charge in [-0.25, -0.2) is 4.79 Å². The number of rotatable bonds is 9. The maximum absolute atomic E-state index is 11.7. The average molecular weight is 407 g/mol. The van der Waals surface area contributed by atoms with Gasteiger partial charge in [-0.15, -0.1) is 0 Å². The number of methoxy groups -OCH3 is 1. The van der Waals surface area contributed by atoms with Crippen molar-refractivity contribution in [3.63, 3.8) is 0 Å². The van der Waals surface area contributed by atoms with Crippen LogP contribution in [0.2, 0.25) is 0 Å². The summed E-state index contributed by atoms with van der Waals surface area (Å²) in [6.07, 6.45) is -2.60. The van der Waals surface area contributed by atoms with Crippen molar-refractivity contribution in [3.05, 3.63) is 47.8 Å². The van der Waals surface area contributed by atoms with Crippen LogP contribution >= 0.6 is 0 Å². The minimum atomic E-state index is -2.00. The van der Waals surface area contributed by atoms with E-state index in [-0.39, 0.29) is 0 Å². The van der Waals surface area contributed by atoms with Gasteiger partial charge in [0, 0.05) is 18.0 Å². The quantitative estimate of drug-likeness (QED) is 0.348. The third-order valence-corrected chi connectivity index (χ3v) is 4.18. The van der Waals surface area contributed by atoms with Gasteiger partial charge in [0.15, 0.2) is 0 Å². The number of carbonyl (C=O) groups is 1. The molecule has 2 aromatic rings. The van der Waals surface area contributed by atoms with E-state index in [1.54, 1.807) is 37.4 Å². The molecule has 9 heteroatoms. The number of carbonyl (C=O) groups excluding carboxylic acids is 1. The number of esters is 1. The van der Waals surface area contributed by atoms with Gasteiger partial charge in [0.05, 0.1) is 25.4 Å². The van der Waals surface area contributed by atoms with Crippen molar-refractivity contribution in [1.29, 1.82) is 0 Å². The summed E-state index contributed by atoms with van der Waals surface area (Å²) in [5, 5.41) is 37.8. The molecule has 0 saturated heterocycles. The van der Waals surface area contributed by atoms with E-state index < -0.39 is 37.4 Å². The van der Waals surface area contributed by atoms with Crippen LogP contribution in [0.1, 0.15) is 22.8 Å². The van der Waals surface area contributed by atoms with Crippen molar-refractivity contribution in [2.45, 2.75) is 38.6 Å². The highest BCUT2D eigenvalue weighted by Crippen LogP contribution is 2.28. The van der Waals surface area contributed by atoms with Crippen molar-refractivity contribution in [2.75, 3.05) is 13.7 Å². The van der Waals surface area contributed by atoms with E-state index in [9.17, 15) is 25.2 Å². The maximum atomic E-state index is 11.7. The van der Waals surface area contributed by atoms with Gasteiger partial charge in [0.25, 0.3) is 6.29 Å². The Balaban J connectivity index is 2.23. The fourth-order valence-electron chi connectivity index (χ4n) is 2.55. The van der Waals surface area contributed by atoms with Crippen molar-refractivity contribution in [3.8, 4) is 16.9 Å². The van der Waals surface area contributed by atoms with Crippen LogP contribution < -0.4 is 4.74 Å². The first-order valence-electron chi connectivity index (χ1n) is 8.88. The molecule has 1 heterocycles. The number of hydrogen-bond donors (Lipinski definition) is 4. The molecule has 2 rings (SSSR count). The van der Waals surface area contributed by atoms with Gasteiger partial charge in [-0.05, 0) is 43.2 Å². The van der Waals surface area contributed by atoms with Gasteiger partial charge in [-0.1, -0.05) is 6.07 Å². The van der Waals surface area contributed by atoms with Gasteiger partial charge in [-0.3, -0.25) is 4.98 Å². The molecule has 1 aromatic heterocycles. The van der Waals surface area contributed by atoms with Crippen molar-refractivity contribution in [1.82, 2.24) is 4.98 Å². The summed E-state index contributed by atoms with van der Waals surface area (Å²) >= 11 is 0. The van der Waals surface area contributed by atoms with Crippen LogP contribution in [0.15, 0.2) is 36.7 Å². The molecule has 0 spiro atoms. The predicted molar refractivity (Wildman–Crippen MR) is 102 cm³/mol. The smallest absolute Gasteiger partial charge is 0.339 e. The van der Waals surface area contributed by atoms with E-state index in [0.717, 1.165) is 5.56 Å². The molecule has 1 aromatic carbocycles. The molecule has 3 atom stereocenters. The van der Waals surface area contributed by atoms with Gasteiger partial charge >= 0.3 is 5.97 Å². The third-order valence-electron chi connectivity index (χ3n) is 4.18. The monoisotopic (exact) mass is 407 g/mol. The molecule has 4 N–H and O–H groups in total. The lowest BCUT2D eigenvalue weighted by Gasteiger charge is -2.27. The van der Waals surface area contributed by atoms with Gasteiger partial charge in [-0.2, -0.15) is 0 Å². The zero-order chi connectivity index (χ0) is 21.6. The Morgan fingerprint density at radius 3 is 2.41 bits per heavy atom. The molecule has 3 unspecified atom stereocenters. The Bertz CT molecular complexity index is 824. The first kappa shape index (κ1) is 22.7. The number of aliphatic hydroxyl groups excluding tert-OH is 3. The second-order valence-electron chi connectivity index (χ2n) is 6.43. The lowest BCUT2D eigenvalue weighted by Crippen LogP contribution is -2.42. The number of aryl methyl sites for hydroxylation is 1. The van der Waals surface area contributed by atoms with Crippen LogP contribution in [0.25, 0.3) is 11.1 Å². The first-order valence-corrected chi connectivity index (χ1v) is 8.88. The molecule has 0 fully saturated rings. The summed E-state index contributed by atoms with van der Waals surface area (Å²) in [6.45, 7) is 2.62. The number of benzene rings is 1. The average Bonchev–Trinajstić information content (AvgIpc) is 2.71. The summed E-state index contributed by atoms with van der Waals surface area (Å²) in [7, 11) is 1.29. The van der Waals surface area contributed by atoms with E-state index >= 15 is 0 Å². The molecule has 0 aliphatic heterocycles. The molecular formula is C20H25NO8. The molecule has 0 bridgehead atoms. The minimum absolute atomic E-state index is 0.311. The highest BCUT2D eigenvalue weighted by molar-refractivity contribution is 5.90. The summed E-state index contributed by atoms with van der Waals surface area (Å²) in [5.41, 5.74) is 2.41. The maximum Gasteiger partial charge on any atom is 0.339 e. The molecule has 29 heavy (non-hydrogen) atoms. The second kappa shape index (κ2) is 10.3. The Hall–Kier alpha value is -2.56. The fourth-order valence-corrected chi connectivity index (χ4v) is 2.55. The van der Waals surface area contributed by atoms with E-state index in [0.29, 0.717) is 22.4 Å². The second-order valence-corrected chi connectivity index (χ2v) is 6.43. The van der Waals surface area contributed by atoms with Gasteiger partial charge < -0.3 is 34.6 Å². The van der Waals surface area contributed by atoms with Crippen LogP contribution in [-0.4, -0.2) is 69.9 Å². The van der Waals surface area contributed by atoms with Gasteiger partial charge in [0.2, 0.25) is 6.29 Å². The SMILES string of the molecule is COC(=O)c1cncc(-c2ccc(OC(OC(CO)C(C)O)C(O)O)c(C)c2)c1. The molecule has 158 valence electrons. The Kier molecular flexibility index (Phi) is 8.06. The van der Waals surface area contributed by atoms with Crippen LogP contribution in [0.3, 0.4) is 0 Å². The van der Waals surface area contributed by atoms with Crippen LogP contribution in [0.4, 0.5) is 0 Å². The molecule has 9 nitrogen and oxygen atoms in total. The summed E-state index contributed by atoms with van der Waals surface area (Å²) in [5.74, 6) is -0.185. The van der Waals surface area contributed by atoms with Crippen molar-refractivity contribution < 1.29 is 39.4 Å². The lowest BCUT2D eigenvalue weighted by molar-refractivity contribution is -0.250. The molecule has 0 aliphatic carbocycles. The topological polar surface area (TPSA) is 139 Å². The van der Waals surface area contributed by atoms with Crippen LogP contribution in [0, 0.1) is 6.92 Å². The standard InChI is InChI=1S/C20H25NO8/c1-11-6-13(14-7-15(9-21-8-14)19(26)27-3)4-5-16(11)28-20(18(24)25)29-17(10-22)12(2)23/h4-9,12,17-18,20,22-25H,10H2,1-3H3. The molecule has 0 saturated carbocycles. The number of hydrogen-bond acceptors (Lipinski definition) is 9. The lowest BCUT2D eigenvalue weighted by atomic mass is 10.0.